The molecule has 0 aliphatic carbocycles. The number of anilines is 1. The monoisotopic (exact) mass is 506 g/mol. The topological polar surface area (TPSA) is 59.1 Å². The molecule has 1 aromatic carbocycles. The standard InChI is InChI=1S/C23H35FN2O2.C6H12O2/c1-3-5-12-23(11-4-2)18-21(28-22(23)27)10-13-25-14-16-26(17-15-25)20-8-6-19(24)7-9-20;1-5(7)8-6(2,3)4/h6-9,21H,3-5,10-18H2,1-2H3;1-4H3. The summed E-state index contributed by atoms with van der Waals surface area (Å²) in [4.78, 5) is 27.6. The first-order valence-corrected chi connectivity index (χ1v) is 13.6. The molecule has 0 saturated carbocycles. The molecule has 7 heteroatoms. The van der Waals surface area contributed by atoms with E-state index in [-0.39, 0.29) is 34.9 Å². The lowest BCUT2D eigenvalue weighted by Gasteiger charge is -2.36. The number of benzene rings is 1. The zero-order chi connectivity index (χ0) is 26.8. The fourth-order valence-corrected chi connectivity index (χ4v) is 5.16. The van der Waals surface area contributed by atoms with E-state index < -0.39 is 0 Å². The Morgan fingerprint density at radius 2 is 1.72 bits per heavy atom. The molecule has 3 rings (SSSR count). The highest BCUT2D eigenvalue weighted by atomic mass is 19.1. The van der Waals surface area contributed by atoms with E-state index in [9.17, 15) is 14.0 Å². The van der Waals surface area contributed by atoms with Crippen molar-refractivity contribution in [1.82, 2.24) is 4.90 Å². The normalized spacial score (nSPS) is 22.6. The van der Waals surface area contributed by atoms with E-state index in [0.29, 0.717) is 0 Å². The summed E-state index contributed by atoms with van der Waals surface area (Å²) in [5.41, 5.74) is 0.536. The van der Waals surface area contributed by atoms with E-state index in [0.717, 1.165) is 83.4 Å². The van der Waals surface area contributed by atoms with Gasteiger partial charge in [-0.25, -0.2) is 4.39 Å². The van der Waals surface area contributed by atoms with Crippen LogP contribution in [0.15, 0.2) is 24.3 Å². The van der Waals surface area contributed by atoms with Gasteiger partial charge in [-0.2, -0.15) is 0 Å². The second-order valence-corrected chi connectivity index (χ2v) is 11.2. The van der Waals surface area contributed by atoms with E-state index >= 15 is 0 Å². The lowest BCUT2D eigenvalue weighted by molar-refractivity contribution is -0.152. The molecular weight excluding hydrogens is 459 g/mol. The van der Waals surface area contributed by atoms with Crippen molar-refractivity contribution in [3.8, 4) is 0 Å². The molecule has 204 valence electrons. The molecule has 6 nitrogen and oxygen atoms in total. The predicted molar refractivity (Wildman–Crippen MR) is 143 cm³/mol. The number of cyclic esters (lactones) is 1. The summed E-state index contributed by atoms with van der Waals surface area (Å²) < 4.78 is 23.7. The van der Waals surface area contributed by atoms with Gasteiger partial charge in [-0.1, -0.05) is 33.1 Å². The number of ether oxygens (including phenoxy) is 2. The van der Waals surface area contributed by atoms with Gasteiger partial charge in [0.15, 0.2) is 0 Å². The van der Waals surface area contributed by atoms with Crippen LogP contribution in [0.2, 0.25) is 0 Å². The minimum Gasteiger partial charge on any atom is -0.462 e. The minimum atomic E-state index is -0.328. The Morgan fingerprint density at radius 3 is 2.22 bits per heavy atom. The van der Waals surface area contributed by atoms with Gasteiger partial charge in [-0.05, 0) is 64.3 Å². The first-order chi connectivity index (χ1) is 17.0. The largest absolute Gasteiger partial charge is 0.462 e. The summed E-state index contributed by atoms with van der Waals surface area (Å²) in [6, 6.07) is 6.76. The molecule has 2 heterocycles. The van der Waals surface area contributed by atoms with Gasteiger partial charge in [0.2, 0.25) is 0 Å². The summed E-state index contributed by atoms with van der Waals surface area (Å²) in [5, 5.41) is 0. The molecular formula is C29H47FN2O4. The Morgan fingerprint density at radius 1 is 1.08 bits per heavy atom. The molecule has 2 atom stereocenters. The Hall–Kier alpha value is -2.15. The van der Waals surface area contributed by atoms with E-state index in [1.165, 1.54) is 19.1 Å². The predicted octanol–water partition coefficient (Wildman–Crippen LogP) is 5.98. The van der Waals surface area contributed by atoms with Gasteiger partial charge >= 0.3 is 11.9 Å². The number of piperazine rings is 1. The summed E-state index contributed by atoms with van der Waals surface area (Å²) in [7, 11) is 0. The number of unbranched alkanes of at least 4 members (excludes halogenated alkanes) is 1. The van der Waals surface area contributed by atoms with Crippen molar-refractivity contribution in [2.45, 2.75) is 98.2 Å². The van der Waals surface area contributed by atoms with Crippen molar-refractivity contribution in [2.24, 2.45) is 5.41 Å². The molecule has 2 aliphatic rings. The van der Waals surface area contributed by atoms with Crippen molar-refractivity contribution < 1.29 is 23.5 Å². The molecule has 0 radical (unpaired) electrons. The maximum Gasteiger partial charge on any atom is 0.312 e. The number of halogens is 1. The zero-order valence-corrected chi connectivity index (χ0v) is 23.3. The van der Waals surface area contributed by atoms with Crippen molar-refractivity contribution in [3.05, 3.63) is 30.1 Å². The molecule has 0 N–H and O–H groups in total. The van der Waals surface area contributed by atoms with Gasteiger partial charge in [-0.3, -0.25) is 14.5 Å². The van der Waals surface area contributed by atoms with Gasteiger partial charge in [0.1, 0.15) is 17.5 Å². The van der Waals surface area contributed by atoms with Gasteiger partial charge in [0.25, 0.3) is 0 Å². The molecule has 36 heavy (non-hydrogen) atoms. The van der Waals surface area contributed by atoms with Crippen LogP contribution in [-0.4, -0.2) is 61.3 Å². The van der Waals surface area contributed by atoms with Gasteiger partial charge in [-0.15, -0.1) is 0 Å². The van der Waals surface area contributed by atoms with Crippen LogP contribution in [-0.2, 0) is 19.1 Å². The van der Waals surface area contributed by atoms with Crippen LogP contribution in [0.1, 0.15) is 86.5 Å². The third-order valence-electron chi connectivity index (χ3n) is 6.84. The van der Waals surface area contributed by atoms with Crippen LogP contribution in [0, 0.1) is 11.2 Å². The number of esters is 2. The molecule has 0 aromatic heterocycles. The second-order valence-electron chi connectivity index (χ2n) is 11.2. The number of carbonyl (C=O) groups is 2. The number of hydrogen-bond donors (Lipinski definition) is 0. The summed E-state index contributed by atoms with van der Waals surface area (Å²) in [6.45, 7) is 16.1. The highest BCUT2D eigenvalue weighted by Gasteiger charge is 2.47. The highest BCUT2D eigenvalue weighted by Crippen LogP contribution is 2.43. The average Bonchev–Trinajstić information content (AvgIpc) is 3.11. The second kappa shape index (κ2) is 14.0. The van der Waals surface area contributed by atoms with Crippen molar-refractivity contribution in [2.75, 3.05) is 37.6 Å². The molecule has 0 spiro atoms. The zero-order valence-electron chi connectivity index (χ0n) is 23.3. The number of nitrogens with zero attached hydrogens (tertiary/aromatic N) is 2. The van der Waals surface area contributed by atoms with Crippen LogP contribution >= 0.6 is 0 Å². The van der Waals surface area contributed by atoms with Crippen LogP contribution < -0.4 is 4.90 Å². The average molecular weight is 507 g/mol. The Kier molecular flexibility index (Phi) is 11.7. The molecule has 0 bridgehead atoms. The Bertz CT molecular complexity index is 816. The van der Waals surface area contributed by atoms with Gasteiger partial charge in [0, 0.05) is 51.8 Å². The first-order valence-electron chi connectivity index (χ1n) is 13.6. The smallest absolute Gasteiger partial charge is 0.312 e. The Balaban J connectivity index is 0.000000493. The number of carbonyl (C=O) groups excluding carboxylic acids is 2. The quantitative estimate of drug-likeness (QED) is 0.384. The molecule has 2 unspecified atom stereocenters. The minimum absolute atomic E-state index is 0.0499. The fourth-order valence-electron chi connectivity index (χ4n) is 5.16. The van der Waals surface area contributed by atoms with E-state index in [2.05, 4.69) is 23.6 Å². The van der Waals surface area contributed by atoms with Crippen LogP contribution in [0.4, 0.5) is 10.1 Å². The van der Waals surface area contributed by atoms with Crippen molar-refractivity contribution >= 4 is 17.6 Å². The summed E-state index contributed by atoms with van der Waals surface area (Å²) >= 11 is 0. The molecule has 2 saturated heterocycles. The third-order valence-corrected chi connectivity index (χ3v) is 6.84. The van der Waals surface area contributed by atoms with E-state index in [1.54, 1.807) is 0 Å². The summed E-state index contributed by atoms with van der Waals surface area (Å²) in [6.07, 6.45) is 7.11. The van der Waals surface area contributed by atoms with Crippen LogP contribution in [0.5, 0.6) is 0 Å². The molecule has 1 aromatic rings. The van der Waals surface area contributed by atoms with Crippen LogP contribution in [0.25, 0.3) is 0 Å². The van der Waals surface area contributed by atoms with E-state index in [1.807, 2.05) is 32.9 Å². The number of rotatable bonds is 9. The third kappa shape index (κ3) is 9.72. The number of hydrogen-bond acceptors (Lipinski definition) is 6. The first kappa shape index (κ1) is 30.1. The van der Waals surface area contributed by atoms with Gasteiger partial charge < -0.3 is 14.4 Å². The van der Waals surface area contributed by atoms with Crippen molar-refractivity contribution in [3.63, 3.8) is 0 Å². The summed E-state index contributed by atoms with van der Waals surface area (Å²) in [5.74, 6) is -0.363. The lowest BCUT2D eigenvalue weighted by atomic mass is 9.76. The lowest BCUT2D eigenvalue weighted by Crippen LogP contribution is -2.47. The maximum atomic E-state index is 13.1. The fraction of sp³-hybridized carbons (Fsp3) is 0.724. The van der Waals surface area contributed by atoms with Crippen LogP contribution in [0.3, 0.4) is 0 Å². The maximum absolute atomic E-state index is 13.1. The molecule has 0 amide bonds. The highest BCUT2D eigenvalue weighted by molar-refractivity contribution is 5.79. The van der Waals surface area contributed by atoms with E-state index in [4.69, 9.17) is 9.47 Å². The Labute approximate surface area is 217 Å². The molecule has 2 fully saturated rings. The SMILES string of the molecule is CC(=O)OC(C)(C)C.CCCCC1(CCC)CC(CCN2CCN(c3ccc(F)cc3)CC2)OC1=O. The van der Waals surface area contributed by atoms with Gasteiger partial charge in [0.05, 0.1) is 5.41 Å². The van der Waals surface area contributed by atoms with Crippen molar-refractivity contribution in [1.29, 1.82) is 0 Å². The molecule has 2 aliphatic heterocycles.